The first-order valence-corrected chi connectivity index (χ1v) is 9.42. The van der Waals surface area contributed by atoms with Crippen molar-refractivity contribution < 1.29 is 9.90 Å². The van der Waals surface area contributed by atoms with E-state index in [-0.39, 0.29) is 11.3 Å². The highest BCUT2D eigenvalue weighted by atomic mass is 16.3. The number of hydrogen-bond donors (Lipinski definition) is 1. The molecule has 1 aromatic carbocycles. The molecule has 1 fully saturated rings. The first-order chi connectivity index (χ1) is 12.9. The maximum absolute atomic E-state index is 12.5. The van der Waals surface area contributed by atoms with E-state index in [0.717, 1.165) is 24.2 Å². The van der Waals surface area contributed by atoms with Crippen molar-refractivity contribution in [2.75, 3.05) is 13.1 Å². The summed E-state index contributed by atoms with van der Waals surface area (Å²) in [7, 11) is 0. The monoisotopic (exact) mass is 363 g/mol. The molecular formula is C22H25N3O2. The summed E-state index contributed by atoms with van der Waals surface area (Å²) in [5, 5.41) is 10.1. The SMILES string of the molecule is CC(C)(O)C(=O)N1CCC(c2ccccc2)(c2cn3ccccc3n2)CC1. The Balaban J connectivity index is 1.73. The lowest BCUT2D eigenvalue weighted by molar-refractivity contribution is -0.149. The highest BCUT2D eigenvalue weighted by molar-refractivity contribution is 5.84. The van der Waals surface area contributed by atoms with E-state index in [1.165, 1.54) is 5.56 Å². The minimum Gasteiger partial charge on any atom is -0.381 e. The number of carbonyl (C=O) groups is 1. The van der Waals surface area contributed by atoms with Crippen molar-refractivity contribution in [1.29, 1.82) is 0 Å². The molecule has 0 unspecified atom stereocenters. The van der Waals surface area contributed by atoms with Gasteiger partial charge in [0.1, 0.15) is 11.2 Å². The highest BCUT2D eigenvalue weighted by Crippen LogP contribution is 2.41. The number of imidazole rings is 1. The molecule has 0 aliphatic carbocycles. The number of hydrogen-bond acceptors (Lipinski definition) is 3. The van der Waals surface area contributed by atoms with Gasteiger partial charge in [-0.1, -0.05) is 36.4 Å². The maximum Gasteiger partial charge on any atom is 0.253 e. The van der Waals surface area contributed by atoms with Crippen molar-refractivity contribution in [1.82, 2.24) is 14.3 Å². The first-order valence-electron chi connectivity index (χ1n) is 9.42. The molecule has 27 heavy (non-hydrogen) atoms. The molecular weight excluding hydrogens is 338 g/mol. The van der Waals surface area contributed by atoms with Crippen LogP contribution >= 0.6 is 0 Å². The number of aliphatic hydroxyl groups is 1. The van der Waals surface area contributed by atoms with Gasteiger partial charge in [-0.15, -0.1) is 0 Å². The van der Waals surface area contributed by atoms with E-state index >= 15 is 0 Å². The number of rotatable bonds is 3. The number of aromatic nitrogens is 2. The van der Waals surface area contributed by atoms with Crippen LogP contribution in [0.15, 0.2) is 60.9 Å². The normalized spacial score (nSPS) is 17.2. The number of amides is 1. The summed E-state index contributed by atoms with van der Waals surface area (Å²) in [6.07, 6.45) is 5.68. The van der Waals surface area contributed by atoms with Gasteiger partial charge in [-0.05, 0) is 44.4 Å². The fourth-order valence-corrected chi connectivity index (χ4v) is 4.09. The maximum atomic E-state index is 12.5. The van der Waals surface area contributed by atoms with Crippen molar-refractivity contribution in [2.45, 2.75) is 37.7 Å². The molecule has 1 N–H and O–H groups in total. The summed E-state index contributed by atoms with van der Waals surface area (Å²) in [5.41, 5.74) is 1.62. The van der Waals surface area contributed by atoms with Crippen molar-refractivity contribution in [2.24, 2.45) is 0 Å². The molecule has 0 bridgehead atoms. The molecule has 5 heteroatoms. The second-order valence-corrected chi connectivity index (χ2v) is 7.89. The molecule has 1 amide bonds. The van der Waals surface area contributed by atoms with Crippen LogP contribution in [0.3, 0.4) is 0 Å². The molecule has 140 valence electrons. The predicted molar refractivity (Wildman–Crippen MR) is 105 cm³/mol. The Morgan fingerprint density at radius 1 is 1.07 bits per heavy atom. The molecule has 0 saturated carbocycles. The number of fused-ring (bicyclic) bond motifs is 1. The molecule has 2 aromatic heterocycles. The van der Waals surface area contributed by atoms with Crippen LogP contribution in [0.1, 0.15) is 37.9 Å². The van der Waals surface area contributed by atoms with Crippen LogP contribution in [0.4, 0.5) is 0 Å². The quantitative estimate of drug-likeness (QED) is 0.778. The van der Waals surface area contributed by atoms with Crippen LogP contribution in [-0.2, 0) is 10.2 Å². The number of piperidine rings is 1. The third kappa shape index (κ3) is 3.12. The Kier molecular flexibility index (Phi) is 4.27. The van der Waals surface area contributed by atoms with E-state index < -0.39 is 5.60 Å². The Labute approximate surface area is 159 Å². The second kappa shape index (κ2) is 6.50. The van der Waals surface area contributed by atoms with Crippen molar-refractivity contribution in [3.63, 3.8) is 0 Å². The summed E-state index contributed by atoms with van der Waals surface area (Å²) in [6.45, 7) is 4.31. The number of carbonyl (C=O) groups excluding carboxylic acids is 1. The Hall–Kier alpha value is -2.66. The van der Waals surface area contributed by atoms with Gasteiger partial charge >= 0.3 is 0 Å². The lowest BCUT2D eigenvalue weighted by atomic mass is 9.70. The van der Waals surface area contributed by atoms with E-state index in [1.54, 1.807) is 18.7 Å². The van der Waals surface area contributed by atoms with Gasteiger partial charge in [-0.2, -0.15) is 0 Å². The van der Waals surface area contributed by atoms with Crippen LogP contribution in [-0.4, -0.2) is 44.0 Å². The summed E-state index contributed by atoms with van der Waals surface area (Å²) < 4.78 is 2.05. The van der Waals surface area contributed by atoms with Gasteiger partial charge in [0, 0.05) is 30.9 Å². The zero-order valence-corrected chi connectivity index (χ0v) is 15.8. The van der Waals surface area contributed by atoms with Crippen LogP contribution in [0.2, 0.25) is 0 Å². The molecule has 0 spiro atoms. The minimum absolute atomic E-state index is 0.209. The van der Waals surface area contributed by atoms with E-state index in [1.807, 2.05) is 34.9 Å². The van der Waals surface area contributed by atoms with Crippen LogP contribution < -0.4 is 0 Å². The van der Waals surface area contributed by atoms with Gasteiger partial charge in [0.05, 0.1) is 5.69 Å². The lowest BCUT2D eigenvalue weighted by Gasteiger charge is -2.42. The molecule has 3 heterocycles. The highest BCUT2D eigenvalue weighted by Gasteiger charge is 2.42. The average Bonchev–Trinajstić information content (AvgIpc) is 3.12. The molecule has 1 saturated heterocycles. The number of likely N-dealkylation sites (tertiary alicyclic amines) is 1. The summed E-state index contributed by atoms with van der Waals surface area (Å²) in [4.78, 5) is 19.2. The van der Waals surface area contributed by atoms with Crippen molar-refractivity contribution >= 4 is 11.6 Å². The predicted octanol–water partition coefficient (Wildman–Crippen LogP) is 3.01. The topological polar surface area (TPSA) is 57.8 Å². The zero-order chi connectivity index (χ0) is 19.1. The van der Waals surface area contributed by atoms with E-state index in [9.17, 15) is 9.90 Å². The number of pyridine rings is 1. The largest absolute Gasteiger partial charge is 0.381 e. The van der Waals surface area contributed by atoms with Gasteiger partial charge in [0.15, 0.2) is 0 Å². The first kappa shape index (κ1) is 17.7. The van der Waals surface area contributed by atoms with E-state index in [2.05, 4.69) is 30.5 Å². The number of nitrogens with zero attached hydrogens (tertiary/aromatic N) is 3. The third-order valence-electron chi connectivity index (χ3n) is 5.61. The van der Waals surface area contributed by atoms with Gasteiger partial charge in [-0.25, -0.2) is 4.98 Å². The van der Waals surface area contributed by atoms with Gasteiger partial charge < -0.3 is 14.4 Å². The minimum atomic E-state index is -1.34. The zero-order valence-electron chi connectivity index (χ0n) is 15.8. The molecule has 1 aliphatic rings. The third-order valence-corrected chi connectivity index (χ3v) is 5.61. The standard InChI is InChI=1S/C22H25N3O2/c1-21(2,27)20(26)24-14-11-22(12-15-24,17-8-4-3-5-9-17)18-16-25-13-7-6-10-19(25)23-18/h3-10,13,16,27H,11-12,14-15H2,1-2H3. The van der Waals surface area contributed by atoms with Gasteiger partial charge in [0.2, 0.25) is 0 Å². The summed E-state index contributed by atoms with van der Waals surface area (Å²) in [5.74, 6) is -0.209. The Morgan fingerprint density at radius 3 is 2.37 bits per heavy atom. The number of benzene rings is 1. The smallest absolute Gasteiger partial charge is 0.253 e. The van der Waals surface area contributed by atoms with Crippen LogP contribution in [0.25, 0.3) is 5.65 Å². The Bertz CT molecular complexity index is 915. The van der Waals surface area contributed by atoms with Crippen molar-refractivity contribution in [3.8, 4) is 0 Å². The average molecular weight is 363 g/mol. The van der Waals surface area contributed by atoms with Crippen LogP contribution in [0, 0.1) is 0 Å². The molecule has 0 atom stereocenters. The van der Waals surface area contributed by atoms with Crippen molar-refractivity contribution in [3.05, 3.63) is 72.2 Å². The van der Waals surface area contributed by atoms with Gasteiger partial charge in [0.25, 0.3) is 5.91 Å². The fourth-order valence-electron chi connectivity index (χ4n) is 4.09. The molecule has 3 aromatic rings. The molecule has 4 rings (SSSR count). The van der Waals surface area contributed by atoms with Crippen LogP contribution in [0.5, 0.6) is 0 Å². The van der Waals surface area contributed by atoms with E-state index in [4.69, 9.17) is 4.98 Å². The molecule has 1 aliphatic heterocycles. The Morgan fingerprint density at radius 2 is 1.74 bits per heavy atom. The summed E-state index contributed by atoms with van der Waals surface area (Å²) >= 11 is 0. The fraction of sp³-hybridized carbons (Fsp3) is 0.364. The summed E-state index contributed by atoms with van der Waals surface area (Å²) in [6, 6.07) is 16.4. The van der Waals surface area contributed by atoms with E-state index in [0.29, 0.717) is 13.1 Å². The molecule has 0 radical (unpaired) electrons. The lowest BCUT2D eigenvalue weighted by Crippen LogP contribution is -2.51. The second-order valence-electron chi connectivity index (χ2n) is 7.89. The molecule has 5 nitrogen and oxygen atoms in total. The van der Waals surface area contributed by atoms with Gasteiger partial charge in [-0.3, -0.25) is 4.79 Å².